The molecule has 1 fully saturated rings. The summed E-state index contributed by atoms with van der Waals surface area (Å²) in [5.41, 5.74) is 3.31. The molecule has 2 aliphatic rings. The second-order valence-corrected chi connectivity index (χ2v) is 8.06. The van der Waals surface area contributed by atoms with E-state index in [2.05, 4.69) is 20.6 Å². The monoisotopic (exact) mass is 449 g/mol. The average molecular weight is 449 g/mol. The minimum Gasteiger partial charge on any atom is -0.465 e. The first-order valence-corrected chi connectivity index (χ1v) is 10.4. The highest BCUT2D eigenvalue weighted by atomic mass is 19.1. The largest absolute Gasteiger partial charge is 0.465 e. The number of ketones is 1. The average Bonchev–Trinajstić information content (AvgIpc) is 3.42. The molecule has 2 amide bonds. The highest BCUT2D eigenvalue weighted by Crippen LogP contribution is 2.39. The van der Waals surface area contributed by atoms with Gasteiger partial charge in [0.25, 0.3) is 0 Å². The highest BCUT2D eigenvalue weighted by Gasteiger charge is 2.43. The number of pyridine rings is 1. The molecule has 0 saturated heterocycles. The van der Waals surface area contributed by atoms with Gasteiger partial charge in [-0.1, -0.05) is 18.2 Å². The number of alkyl halides is 1. The van der Waals surface area contributed by atoms with Gasteiger partial charge in [0.2, 0.25) is 5.91 Å². The Hall–Kier alpha value is -4.21. The third-order valence-corrected chi connectivity index (χ3v) is 5.70. The van der Waals surface area contributed by atoms with Crippen molar-refractivity contribution in [1.82, 2.24) is 14.9 Å². The van der Waals surface area contributed by atoms with Crippen molar-refractivity contribution in [3.8, 4) is 11.3 Å². The third-order valence-electron chi connectivity index (χ3n) is 5.70. The molecule has 0 radical (unpaired) electrons. The summed E-state index contributed by atoms with van der Waals surface area (Å²) in [5, 5.41) is 15.3. The van der Waals surface area contributed by atoms with E-state index in [4.69, 9.17) is 0 Å². The van der Waals surface area contributed by atoms with Gasteiger partial charge in [-0.05, 0) is 30.7 Å². The fourth-order valence-corrected chi connectivity index (χ4v) is 3.93. The molecule has 168 valence electrons. The van der Waals surface area contributed by atoms with Crippen molar-refractivity contribution in [1.29, 1.82) is 0 Å². The maximum absolute atomic E-state index is 13.2. The van der Waals surface area contributed by atoms with Gasteiger partial charge >= 0.3 is 6.09 Å². The summed E-state index contributed by atoms with van der Waals surface area (Å²) in [6.45, 7) is -0.208. The Balaban J connectivity index is 1.55. The molecule has 2 atom stereocenters. The fraction of sp³-hybridized carbons (Fsp3) is 0.217. The van der Waals surface area contributed by atoms with Gasteiger partial charge in [-0.3, -0.25) is 14.5 Å². The normalized spacial score (nSPS) is 19.1. The van der Waals surface area contributed by atoms with Crippen molar-refractivity contribution in [2.75, 3.05) is 17.2 Å². The first-order chi connectivity index (χ1) is 15.9. The Bertz CT molecular complexity index is 1260. The number of nitrogens with one attached hydrogen (secondary N) is 3. The van der Waals surface area contributed by atoms with E-state index in [1.54, 1.807) is 12.1 Å². The number of hydrogen-bond acceptors (Lipinski definition) is 5. The zero-order valence-electron chi connectivity index (χ0n) is 17.3. The van der Waals surface area contributed by atoms with Crippen LogP contribution < -0.4 is 10.6 Å². The standard InChI is InChI=1S/C23H20FN5O4/c24-15-9-14(15)22(31)28-18-8-12(6-7-25-18)20-21(26-13-4-2-1-3-5-13)19-16(27-20)10-29(23(32)33)11-17(19)30/h1-8,14-15,26-27H,9-11H2,(H,32,33)(H,25,28,31)/t14-,15-/m1/s1. The van der Waals surface area contributed by atoms with Crippen molar-refractivity contribution in [3.63, 3.8) is 0 Å². The van der Waals surface area contributed by atoms with E-state index < -0.39 is 24.1 Å². The number of halogens is 1. The Morgan fingerprint density at radius 3 is 2.64 bits per heavy atom. The van der Waals surface area contributed by atoms with Crippen molar-refractivity contribution < 1.29 is 23.9 Å². The molecule has 10 heteroatoms. The number of H-pyrrole nitrogens is 1. The van der Waals surface area contributed by atoms with Gasteiger partial charge in [0.1, 0.15) is 12.0 Å². The van der Waals surface area contributed by atoms with Gasteiger partial charge in [-0.2, -0.15) is 0 Å². The summed E-state index contributed by atoms with van der Waals surface area (Å²) in [7, 11) is 0. The molecular formula is C23H20FN5O4. The zero-order chi connectivity index (χ0) is 23.1. The van der Waals surface area contributed by atoms with E-state index >= 15 is 0 Å². The Morgan fingerprint density at radius 2 is 1.94 bits per heavy atom. The van der Waals surface area contributed by atoms with Gasteiger partial charge in [0, 0.05) is 23.1 Å². The van der Waals surface area contributed by atoms with E-state index in [1.807, 2.05) is 30.3 Å². The number of carboxylic acid groups (broad SMARTS) is 1. The van der Waals surface area contributed by atoms with Crippen LogP contribution >= 0.6 is 0 Å². The molecule has 3 heterocycles. The second-order valence-electron chi connectivity index (χ2n) is 8.06. The molecule has 33 heavy (non-hydrogen) atoms. The first kappa shape index (κ1) is 20.7. The van der Waals surface area contributed by atoms with Crippen LogP contribution in [0.1, 0.15) is 22.5 Å². The van der Waals surface area contributed by atoms with Crippen molar-refractivity contribution in [3.05, 3.63) is 59.9 Å². The summed E-state index contributed by atoms with van der Waals surface area (Å²) in [4.78, 5) is 44.9. The number of anilines is 3. The van der Waals surface area contributed by atoms with Crippen LogP contribution in [-0.4, -0.2) is 50.5 Å². The lowest BCUT2D eigenvalue weighted by Gasteiger charge is -2.23. The summed E-state index contributed by atoms with van der Waals surface area (Å²) in [6, 6.07) is 12.6. The molecular weight excluding hydrogens is 429 g/mol. The van der Waals surface area contributed by atoms with Crippen molar-refractivity contribution >= 4 is 35.0 Å². The lowest BCUT2D eigenvalue weighted by Crippen LogP contribution is -2.38. The molecule has 0 unspecified atom stereocenters. The van der Waals surface area contributed by atoms with E-state index in [1.165, 1.54) is 6.20 Å². The number of hydrogen-bond donors (Lipinski definition) is 4. The Labute approximate surface area is 187 Å². The van der Waals surface area contributed by atoms with Crippen LogP contribution in [0.15, 0.2) is 48.7 Å². The highest BCUT2D eigenvalue weighted by molar-refractivity contribution is 6.09. The number of carbonyl (C=O) groups excluding carboxylic acids is 2. The van der Waals surface area contributed by atoms with E-state index in [-0.39, 0.29) is 31.1 Å². The summed E-state index contributed by atoms with van der Waals surface area (Å²) in [6.07, 6.45) is -0.583. The minimum absolute atomic E-state index is 0.0358. The smallest absolute Gasteiger partial charge is 0.408 e. The summed E-state index contributed by atoms with van der Waals surface area (Å²) in [5.74, 6) is -1.14. The van der Waals surface area contributed by atoms with Crippen molar-refractivity contribution in [2.24, 2.45) is 5.92 Å². The van der Waals surface area contributed by atoms with E-state index in [9.17, 15) is 23.9 Å². The first-order valence-electron chi connectivity index (χ1n) is 10.4. The van der Waals surface area contributed by atoms with Crippen LogP contribution in [0.5, 0.6) is 0 Å². The Morgan fingerprint density at radius 1 is 1.18 bits per heavy atom. The van der Waals surface area contributed by atoms with Gasteiger partial charge in [0.15, 0.2) is 5.78 Å². The number of para-hydroxylation sites is 1. The number of aromatic amines is 1. The number of Topliss-reactive ketones (excluding diaryl/α,β-unsaturated/α-hetero) is 1. The number of benzene rings is 1. The fourth-order valence-electron chi connectivity index (χ4n) is 3.93. The lowest BCUT2D eigenvalue weighted by atomic mass is 10.0. The molecule has 0 spiro atoms. The number of aromatic nitrogens is 2. The molecule has 1 aliphatic heterocycles. The van der Waals surface area contributed by atoms with E-state index in [0.29, 0.717) is 28.2 Å². The van der Waals surface area contributed by atoms with Crippen LogP contribution in [-0.2, 0) is 11.3 Å². The van der Waals surface area contributed by atoms with Crippen LogP contribution in [0.25, 0.3) is 11.3 Å². The van der Waals surface area contributed by atoms with Gasteiger partial charge in [-0.25, -0.2) is 14.2 Å². The van der Waals surface area contributed by atoms with Gasteiger partial charge < -0.3 is 20.7 Å². The topological polar surface area (TPSA) is 127 Å². The van der Waals surface area contributed by atoms with Gasteiger partial charge in [0.05, 0.1) is 36.0 Å². The van der Waals surface area contributed by atoms with Crippen LogP contribution in [0, 0.1) is 5.92 Å². The Kier molecular flexibility index (Phi) is 5.04. The summed E-state index contributed by atoms with van der Waals surface area (Å²) < 4.78 is 13.2. The molecule has 2 aromatic heterocycles. The SMILES string of the molecule is O=C1CN(C(=O)O)Cc2[nH]c(-c3ccnc(NC(=O)[C@@H]4C[C@H]4F)c3)c(Nc3ccccc3)c21. The predicted octanol–water partition coefficient (Wildman–Crippen LogP) is 3.79. The quantitative estimate of drug-likeness (QED) is 0.469. The maximum Gasteiger partial charge on any atom is 0.408 e. The molecule has 4 N–H and O–H groups in total. The maximum atomic E-state index is 13.2. The van der Waals surface area contributed by atoms with Crippen molar-refractivity contribution in [2.45, 2.75) is 19.1 Å². The number of fused-ring (bicyclic) bond motifs is 1. The van der Waals surface area contributed by atoms with Crippen LogP contribution in [0.4, 0.5) is 26.4 Å². The van der Waals surface area contributed by atoms with Crippen LogP contribution in [0.2, 0.25) is 0 Å². The number of rotatable bonds is 5. The molecule has 1 saturated carbocycles. The molecule has 5 rings (SSSR count). The predicted molar refractivity (Wildman–Crippen MR) is 118 cm³/mol. The molecule has 1 aromatic carbocycles. The van der Waals surface area contributed by atoms with Gasteiger partial charge in [-0.15, -0.1) is 0 Å². The summed E-state index contributed by atoms with van der Waals surface area (Å²) >= 11 is 0. The number of carbonyl (C=O) groups is 3. The minimum atomic E-state index is -1.18. The zero-order valence-corrected chi connectivity index (χ0v) is 17.3. The second kappa shape index (κ2) is 8.05. The third kappa shape index (κ3) is 4.02. The van der Waals surface area contributed by atoms with E-state index in [0.717, 1.165) is 10.6 Å². The lowest BCUT2D eigenvalue weighted by molar-refractivity contribution is -0.117. The van der Waals surface area contributed by atoms with Crippen LogP contribution in [0.3, 0.4) is 0 Å². The number of nitrogens with zero attached hydrogens (tertiary/aromatic N) is 2. The molecule has 1 aliphatic carbocycles. The molecule has 0 bridgehead atoms. The molecule has 9 nitrogen and oxygen atoms in total. The molecule has 3 aromatic rings. The number of amides is 2.